The Hall–Kier alpha value is -4.26. The van der Waals surface area contributed by atoms with Crippen LogP contribution in [-0.2, 0) is 13.1 Å². The second-order valence-electron chi connectivity index (χ2n) is 8.07. The molecule has 1 heterocycles. The lowest BCUT2D eigenvalue weighted by molar-refractivity contribution is 0.192. The maximum Gasteiger partial charge on any atom is 0.317 e. The van der Waals surface area contributed by atoms with Crippen molar-refractivity contribution in [3.05, 3.63) is 102 Å². The molecule has 0 radical (unpaired) electrons. The molecule has 1 aromatic heterocycles. The van der Waals surface area contributed by atoms with Crippen LogP contribution in [0, 0.1) is 6.92 Å². The van der Waals surface area contributed by atoms with Gasteiger partial charge in [-0.2, -0.15) is 5.10 Å². The summed E-state index contributed by atoms with van der Waals surface area (Å²) in [6, 6.07) is 27.0. The largest absolute Gasteiger partial charge is 0.497 e. The predicted octanol–water partition coefficient (Wildman–Crippen LogP) is 5.71. The number of para-hydroxylation sites is 1. The number of methoxy groups -OCH3 is 1. The average molecular weight is 471 g/mol. The number of hydrogen-bond donors (Lipinski definition) is 1. The Bertz CT molecular complexity index is 1240. The first-order valence-corrected chi connectivity index (χ1v) is 11.6. The third-order valence-electron chi connectivity index (χ3n) is 5.59. The van der Waals surface area contributed by atoms with Crippen molar-refractivity contribution in [2.45, 2.75) is 26.9 Å². The van der Waals surface area contributed by atoms with Gasteiger partial charge in [-0.1, -0.05) is 48.5 Å². The van der Waals surface area contributed by atoms with Crippen LogP contribution in [0.3, 0.4) is 0 Å². The molecule has 7 heteroatoms. The van der Waals surface area contributed by atoms with Crippen LogP contribution in [0.15, 0.2) is 84.9 Å². The quantitative estimate of drug-likeness (QED) is 0.340. The molecule has 0 bridgehead atoms. The number of carbonyl (C=O) groups is 1. The standard InChI is InChI=1S/C28H30N4O3/c1-4-29-28(33)31(19-22-11-7-5-8-12-22)20-26-21(2)30-32(23-13-9-6-10-14-23)27(26)35-25-17-15-24(34-3)16-18-25/h5-18H,4,19-20H2,1-3H3,(H,29,33). The highest BCUT2D eigenvalue weighted by Gasteiger charge is 2.24. The third-order valence-corrected chi connectivity index (χ3v) is 5.59. The van der Waals surface area contributed by atoms with Crippen molar-refractivity contribution in [1.29, 1.82) is 0 Å². The molecule has 3 aromatic carbocycles. The third kappa shape index (κ3) is 5.81. The van der Waals surface area contributed by atoms with Crippen LogP contribution in [0.25, 0.3) is 5.69 Å². The summed E-state index contributed by atoms with van der Waals surface area (Å²) in [7, 11) is 1.63. The topological polar surface area (TPSA) is 68.6 Å². The monoisotopic (exact) mass is 470 g/mol. The zero-order valence-electron chi connectivity index (χ0n) is 20.3. The first kappa shape index (κ1) is 23.9. The number of hydrogen-bond acceptors (Lipinski definition) is 4. The number of nitrogens with zero attached hydrogens (tertiary/aromatic N) is 3. The molecule has 0 aliphatic heterocycles. The van der Waals surface area contributed by atoms with Crippen LogP contribution in [0.5, 0.6) is 17.4 Å². The van der Waals surface area contributed by atoms with E-state index in [4.69, 9.17) is 14.6 Å². The molecule has 180 valence electrons. The molecule has 0 aliphatic rings. The summed E-state index contributed by atoms with van der Waals surface area (Å²) in [6.07, 6.45) is 0. The summed E-state index contributed by atoms with van der Waals surface area (Å²) in [5.41, 5.74) is 3.55. The number of ether oxygens (including phenoxy) is 2. The second kappa shape index (κ2) is 11.2. The number of rotatable bonds is 9. The van der Waals surface area contributed by atoms with Crippen molar-refractivity contribution >= 4 is 6.03 Å². The van der Waals surface area contributed by atoms with Crippen molar-refractivity contribution in [3.63, 3.8) is 0 Å². The van der Waals surface area contributed by atoms with Crippen molar-refractivity contribution in [3.8, 4) is 23.1 Å². The van der Waals surface area contributed by atoms with Gasteiger partial charge >= 0.3 is 6.03 Å². The summed E-state index contributed by atoms with van der Waals surface area (Å²) in [6.45, 7) is 5.20. The van der Waals surface area contributed by atoms with E-state index in [1.807, 2.05) is 98.8 Å². The van der Waals surface area contributed by atoms with Crippen LogP contribution in [0.1, 0.15) is 23.7 Å². The van der Waals surface area contributed by atoms with Gasteiger partial charge in [-0.15, -0.1) is 0 Å². The van der Waals surface area contributed by atoms with E-state index in [1.165, 1.54) is 0 Å². The van der Waals surface area contributed by atoms with Gasteiger partial charge in [-0.25, -0.2) is 9.48 Å². The Morgan fingerprint density at radius 1 is 0.914 bits per heavy atom. The van der Waals surface area contributed by atoms with E-state index in [0.29, 0.717) is 31.3 Å². The summed E-state index contributed by atoms with van der Waals surface area (Å²) < 4.78 is 13.5. The van der Waals surface area contributed by atoms with Crippen LogP contribution < -0.4 is 14.8 Å². The van der Waals surface area contributed by atoms with Gasteiger partial charge in [0.1, 0.15) is 11.5 Å². The summed E-state index contributed by atoms with van der Waals surface area (Å²) in [5.74, 6) is 1.97. The van der Waals surface area contributed by atoms with Crippen LogP contribution >= 0.6 is 0 Å². The van der Waals surface area contributed by atoms with Gasteiger partial charge in [0.2, 0.25) is 5.88 Å². The summed E-state index contributed by atoms with van der Waals surface area (Å²) in [4.78, 5) is 14.8. The predicted molar refractivity (Wildman–Crippen MR) is 136 cm³/mol. The first-order chi connectivity index (χ1) is 17.1. The lowest BCUT2D eigenvalue weighted by Crippen LogP contribution is -2.39. The molecule has 0 saturated heterocycles. The number of aromatic nitrogens is 2. The fourth-order valence-corrected chi connectivity index (χ4v) is 3.78. The van der Waals surface area contributed by atoms with Gasteiger partial charge in [-0.3, -0.25) is 0 Å². The molecule has 0 unspecified atom stereocenters. The van der Waals surface area contributed by atoms with E-state index in [1.54, 1.807) is 16.7 Å². The highest BCUT2D eigenvalue weighted by molar-refractivity contribution is 5.74. The molecule has 0 aliphatic carbocycles. The summed E-state index contributed by atoms with van der Waals surface area (Å²) in [5, 5.41) is 7.72. The van der Waals surface area contributed by atoms with E-state index >= 15 is 0 Å². The van der Waals surface area contributed by atoms with Gasteiger partial charge < -0.3 is 19.7 Å². The van der Waals surface area contributed by atoms with Crippen LogP contribution in [0.4, 0.5) is 4.79 Å². The van der Waals surface area contributed by atoms with Gasteiger partial charge in [-0.05, 0) is 55.8 Å². The van der Waals surface area contributed by atoms with Crippen LogP contribution in [0.2, 0.25) is 0 Å². The summed E-state index contributed by atoms with van der Waals surface area (Å²) >= 11 is 0. The van der Waals surface area contributed by atoms with E-state index in [2.05, 4.69) is 5.32 Å². The maximum atomic E-state index is 13.0. The van der Waals surface area contributed by atoms with Crippen LogP contribution in [-0.4, -0.2) is 34.4 Å². The minimum atomic E-state index is -0.140. The fourth-order valence-electron chi connectivity index (χ4n) is 3.78. The van der Waals surface area contributed by atoms with Crippen molar-refractivity contribution in [1.82, 2.24) is 20.0 Å². The van der Waals surface area contributed by atoms with Gasteiger partial charge in [0.15, 0.2) is 0 Å². The molecule has 0 saturated carbocycles. The van der Waals surface area contributed by atoms with Gasteiger partial charge in [0, 0.05) is 13.1 Å². The number of urea groups is 1. The van der Waals surface area contributed by atoms with E-state index in [9.17, 15) is 4.79 Å². The zero-order valence-corrected chi connectivity index (χ0v) is 20.3. The molecule has 4 aromatic rings. The molecule has 0 atom stereocenters. The fraction of sp³-hybridized carbons (Fsp3) is 0.214. The smallest absolute Gasteiger partial charge is 0.317 e. The Balaban J connectivity index is 1.73. The molecule has 7 nitrogen and oxygen atoms in total. The van der Waals surface area contributed by atoms with E-state index < -0.39 is 0 Å². The number of benzene rings is 3. The van der Waals surface area contributed by atoms with Gasteiger partial charge in [0.05, 0.1) is 30.6 Å². The molecule has 35 heavy (non-hydrogen) atoms. The number of carbonyl (C=O) groups excluding carboxylic acids is 1. The molecule has 0 spiro atoms. The Labute approximate surface area is 205 Å². The Morgan fingerprint density at radius 2 is 1.54 bits per heavy atom. The SMILES string of the molecule is CCNC(=O)N(Cc1ccccc1)Cc1c(C)nn(-c2ccccc2)c1Oc1ccc(OC)cc1. The minimum Gasteiger partial charge on any atom is -0.497 e. The highest BCUT2D eigenvalue weighted by atomic mass is 16.5. The first-order valence-electron chi connectivity index (χ1n) is 11.6. The van der Waals surface area contributed by atoms with Gasteiger partial charge in [0.25, 0.3) is 0 Å². The minimum absolute atomic E-state index is 0.140. The number of nitrogens with one attached hydrogen (secondary N) is 1. The molecule has 1 N–H and O–H groups in total. The van der Waals surface area contributed by atoms with Crippen molar-refractivity contribution < 1.29 is 14.3 Å². The molecular formula is C28H30N4O3. The lowest BCUT2D eigenvalue weighted by atomic mass is 10.2. The normalized spacial score (nSPS) is 10.6. The zero-order chi connectivity index (χ0) is 24.6. The average Bonchev–Trinajstić information content (AvgIpc) is 3.20. The Morgan fingerprint density at radius 3 is 2.17 bits per heavy atom. The molecule has 0 fully saturated rings. The molecule has 4 rings (SSSR count). The lowest BCUT2D eigenvalue weighted by Gasteiger charge is -2.23. The van der Waals surface area contributed by atoms with Crippen molar-refractivity contribution in [2.75, 3.05) is 13.7 Å². The Kier molecular flexibility index (Phi) is 7.67. The molecular weight excluding hydrogens is 440 g/mol. The maximum absolute atomic E-state index is 13.0. The molecule has 2 amide bonds. The number of aryl methyl sites for hydroxylation is 1. The van der Waals surface area contributed by atoms with E-state index in [0.717, 1.165) is 28.3 Å². The number of amides is 2. The van der Waals surface area contributed by atoms with E-state index in [-0.39, 0.29) is 6.03 Å². The second-order valence-corrected chi connectivity index (χ2v) is 8.07. The highest BCUT2D eigenvalue weighted by Crippen LogP contribution is 2.32. The van der Waals surface area contributed by atoms with Crippen molar-refractivity contribution in [2.24, 2.45) is 0 Å².